The molecular weight excluding hydrogens is 128 g/mol. The first kappa shape index (κ1) is 8.80. The Morgan fingerprint density at radius 3 is 1.67 bits per heavy atom. The first-order chi connectivity index (χ1) is 4.04. The van der Waals surface area contributed by atoms with E-state index in [1.807, 2.05) is 0 Å². The standard InChI is InChI=1S/C4H10O5/c1-2(5)9-4(8)3(6)7/h2-8H,1H3. The summed E-state index contributed by atoms with van der Waals surface area (Å²) >= 11 is 0. The predicted molar refractivity (Wildman–Crippen MR) is 27.0 cm³/mol. The second-order valence-corrected chi connectivity index (χ2v) is 1.54. The van der Waals surface area contributed by atoms with E-state index in [4.69, 9.17) is 20.4 Å². The molecule has 0 heterocycles. The summed E-state index contributed by atoms with van der Waals surface area (Å²) in [4.78, 5) is 0. The molecule has 4 N–H and O–H groups in total. The quantitative estimate of drug-likeness (QED) is 0.338. The van der Waals surface area contributed by atoms with Gasteiger partial charge in [0.15, 0.2) is 6.29 Å². The van der Waals surface area contributed by atoms with E-state index in [1.54, 1.807) is 0 Å². The lowest BCUT2D eigenvalue weighted by Crippen LogP contribution is -2.31. The molecule has 0 aromatic heterocycles. The molecule has 0 fully saturated rings. The van der Waals surface area contributed by atoms with E-state index in [-0.39, 0.29) is 0 Å². The molecular formula is C4H10O5. The first-order valence-corrected chi connectivity index (χ1v) is 2.41. The van der Waals surface area contributed by atoms with Crippen molar-refractivity contribution < 1.29 is 25.2 Å². The Labute approximate surface area is 52.1 Å². The highest BCUT2D eigenvalue weighted by molar-refractivity contribution is 4.39. The van der Waals surface area contributed by atoms with Gasteiger partial charge in [0.1, 0.15) is 0 Å². The smallest absolute Gasteiger partial charge is 0.209 e. The summed E-state index contributed by atoms with van der Waals surface area (Å²) in [5, 5.41) is 33.1. The van der Waals surface area contributed by atoms with Crippen molar-refractivity contribution >= 4 is 0 Å². The summed E-state index contributed by atoms with van der Waals surface area (Å²) < 4.78 is 4.12. The van der Waals surface area contributed by atoms with Crippen molar-refractivity contribution in [3.05, 3.63) is 0 Å². The van der Waals surface area contributed by atoms with Gasteiger partial charge in [-0.1, -0.05) is 0 Å². The van der Waals surface area contributed by atoms with E-state index in [9.17, 15) is 0 Å². The molecule has 0 rings (SSSR count). The van der Waals surface area contributed by atoms with Crippen LogP contribution in [0, 0.1) is 0 Å². The van der Waals surface area contributed by atoms with Crippen LogP contribution in [0.3, 0.4) is 0 Å². The molecule has 0 spiro atoms. The van der Waals surface area contributed by atoms with Crippen LogP contribution in [-0.2, 0) is 4.74 Å². The van der Waals surface area contributed by atoms with E-state index in [0.717, 1.165) is 0 Å². The maximum atomic E-state index is 8.41. The van der Waals surface area contributed by atoms with Crippen LogP contribution < -0.4 is 0 Å². The largest absolute Gasteiger partial charge is 0.368 e. The van der Waals surface area contributed by atoms with Crippen LogP contribution in [-0.4, -0.2) is 39.3 Å². The van der Waals surface area contributed by atoms with Crippen LogP contribution in [0.4, 0.5) is 0 Å². The van der Waals surface area contributed by atoms with Gasteiger partial charge in [-0.25, -0.2) is 0 Å². The minimum Gasteiger partial charge on any atom is -0.368 e. The monoisotopic (exact) mass is 138 g/mol. The maximum Gasteiger partial charge on any atom is 0.209 e. The van der Waals surface area contributed by atoms with Crippen molar-refractivity contribution in [1.82, 2.24) is 0 Å². The van der Waals surface area contributed by atoms with Crippen LogP contribution in [0.15, 0.2) is 0 Å². The number of aliphatic hydroxyl groups is 4. The lowest BCUT2D eigenvalue weighted by molar-refractivity contribution is -0.278. The van der Waals surface area contributed by atoms with Gasteiger partial charge in [0.05, 0.1) is 0 Å². The van der Waals surface area contributed by atoms with Crippen molar-refractivity contribution in [2.75, 3.05) is 0 Å². The minimum atomic E-state index is -1.97. The van der Waals surface area contributed by atoms with Crippen LogP contribution in [0.5, 0.6) is 0 Å². The second kappa shape index (κ2) is 3.76. The fourth-order valence-electron chi connectivity index (χ4n) is 0.272. The number of aliphatic hydroxyl groups excluding tert-OH is 3. The summed E-state index contributed by atoms with van der Waals surface area (Å²) in [6.45, 7) is 1.24. The molecule has 0 aromatic carbocycles. The molecule has 0 aromatic rings. The normalized spacial score (nSPS) is 18.0. The van der Waals surface area contributed by atoms with Gasteiger partial charge in [-0.15, -0.1) is 0 Å². The third-order valence-electron chi connectivity index (χ3n) is 0.591. The average molecular weight is 138 g/mol. The summed E-state index contributed by atoms with van der Waals surface area (Å²) in [6.07, 6.45) is -4.92. The number of hydrogen-bond acceptors (Lipinski definition) is 5. The van der Waals surface area contributed by atoms with Gasteiger partial charge in [-0.2, -0.15) is 0 Å². The first-order valence-electron chi connectivity index (χ1n) is 2.41. The van der Waals surface area contributed by atoms with E-state index in [1.165, 1.54) is 6.92 Å². The van der Waals surface area contributed by atoms with Crippen molar-refractivity contribution in [1.29, 1.82) is 0 Å². The van der Waals surface area contributed by atoms with Gasteiger partial charge in [0.2, 0.25) is 12.6 Å². The van der Waals surface area contributed by atoms with Gasteiger partial charge in [-0.05, 0) is 6.92 Å². The highest BCUT2D eigenvalue weighted by Crippen LogP contribution is 1.94. The third kappa shape index (κ3) is 4.31. The Morgan fingerprint density at radius 2 is 1.56 bits per heavy atom. The van der Waals surface area contributed by atoms with E-state index in [0.29, 0.717) is 0 Å². The van der Waals surface area contributed by atoms with Gasteiger partial charge >= 0.3 is 0 Å². The molecule has 5 nitrogen and oxygen atoms in total. The van der Waals surface area contributed by atoms with Crippen molar-refractivity contribution in [3.63, 3.8) is 0 Å². The van der Waals surface area contributed by atoms with Crippen LogP contribution in [0.1, 0.15) is 6.92 Å². The molecule has 0 amide bonds. The Balaban J connectivity index is 3.38. The average Bonchev–Trinajstić information content (AvgIpc) is 1.63. The number of hydrogen-bond donors (Lipinski definition) is 4. The van der Waals surface area contributed by atoms with Crippen molar-refractivity contribution in [2.45, 2.75) is 25.8 Å². The van der Waals surface area contributed by atoms with Crippen molar-refractivity contribution in [3.8, 4) is 0 Å². The van der Waals surface area contributed by atoms with Gasteiger partial charge in [0.25, 0.3) is 0 Å². The SMILES string of the molecule is CC(O)OC(O)C(O)O. The van der Waals surface area contributed by atoms with Crippen LogP contribution in [0.2, 0.25) is 0 Å². The molecule has 0 aliphatic heterocycles. The number of rotatable bonds is 3. The fourth-order valence-corrected chi connectivity index (χ4v) is 0.272. The van der Waals surface area contributed by atoms with Gasteiger partial charge in [-0.3, -0.25) is 0 Å². The number of ether oxygens (including phenoxy) is 1. The molecule has 5 heteroatoms. The van der Waals surface area contributed by atoms with E-state index >= 15 is 0 Å². The Bertz CT molecular complexity index is 71.4. The molecule has 0 aliphatic rings. The molecule has 9 heavy (non-hydrogen) atoms. The third-order valence-corrected chi connectivity index (χ3v) is 0.591. The molecule has 0 bridgehead atoms. The van der Waals surface area contributed by atoms with E-state index in [2.05, 4.69) is 4.74 Å². The topological polar surface area (TPSA) is 90.2 Å². The molecule has 56 valence electrons. The van der Waals surface area contributed by atoms with Gasteiger partial charge < -0.3 is 25.2 Å². The molecule has 0 saturated carbocycles. The summed E-state index contributed by atoms with van der Waals surface area (Å²) in [5.41, 5.74) is 0. The molecule has 0 saturated heterocycles. The van der Waals surface area contributed by atoms with Crippen LogP contribution in [0.25, 0.3) is 0 Å². The summed E-state index contributed by atoms with van der Waals surface area (Å²) in [5.74, 6) is 0. The lowest BCUT2D eigenvalue weighted by atomic mass is 10.6. The van der Waals surface area contributed by atoms with E-state index < -0.39 is 18.9 Å². The zero-order valence-electron chi connectivity index (χ0n) is 4.93. The minimum absolute atomic E-state index is 1.21. The lowest BCUT2D eigenvalue weighted by Gasteiger charge is -2.14. The molecule has 0 aliphatic carbocycles. The summed E-state index contributed by atoms with van der Waals surface area (Å²) in [7, 11) is 0. The maximum absolute atomic E-state index is 8.41. The van der Waals surface area contributed by atoms with Gasteiger partial charge in [0, 0.05) is 0 Å². The molecule has 2 unspecified atom stereocenters. The highest BCUT2D eigenvalue weighted by Gasteiger charge is 2.14. The molecule has 0 radical (unpaired) electrons. The zero-order valence-corrected chi connectivity index (χ0v) is 4.93. The Morgan fingerprint density at radius 1 is 1.11 bits per heavy atom. The highest BCUT2D eigenvalue weighted by atomic mass is 16.7. The second-order valence-electron chi connectivity index (χ2n) is 1.54. The van der Waals surface area contributed by atoms with Crippen LogP contribution >= 0.6 is 0 Å². The Kier molecular flexibility index (Phi) is 3.67. The predicted octanol–water partition coefficient (Wildman–Crippen LogP) is -2.03. The van der Waals surface area contributed by atoms with Crippen molar-refractivity contribution in [2.24, 2.45) is 0 Å². The summed E-state index contributed by atoms with van der Waals surface area (Å²) in [6, 6.07) is 0. The molecule has 2 atom stereocenters. The fraction of sp³-hybridized carbons (Fsp3) is 1.00. The Hall–Kier alpha value is -0.200. The zero-order chi connectivity index (χ0) is 7.44.